The summed E-state index contributed by atoms with van der Waals surface area (Å²) in [6.07, 6.45) is -1.20. The number of hydrogen-bond donors (Lipinski definition) is 0. The molecule has 10 heteroatoms. The zero-order valence-corrected chi connectivity index (χ0v) is 22.6. The van der Waals surface area contributed by atoms with Crippen LogP contribution in [0.4, 0.5) is 9.59 Å². The van der Waals surface area contributed by atoms with Crippen LogP contribution >= 0.6 is 15.9 Å². The Morgan fingerprint density at radius 3 is 2.14 bits per heavy atom. The van der Waals surface area contributed by atoms with Gasteiger partial charge in [0.15, 0.2) is 0 Å². The van der Waals surface area contributed by atoms with Crippen molar-refractivity contribution in [2.24, 2.45) is 5.92 Å². The van der Waals surface area contributed by atoms with Crippen molar-refractivity contribution in [3.8, 4) is 0 Å². The van der Waals surface area contributed by atoms with E-state index in [1.54, 1.807) is 53.7 Å². The number of nitrogens with zero attached hydrogens (tertiary/aromatic N) is 2. The van der Waals surface area contributed by atoms with E-state index in [-0.39, 0.29) is 12.8 Å². The van der Waals surface area contributed by atoms with Crippen molar-refractivity contribution in [1.29, 1.82) is 0 Å². The van der Waals surface area contributed by atoms with Gasteiger partial charge in [0.2, 0.25) is 5.91 Å². The summed E-state index contributed by atoms with van der Waals surface area (Å²) in [4.78, 5) is 52.4. The summed E-state index contributed by atoms with van der Waals surface area (Å²) in [5, 5.41) is 0.753. The molecule has 190 valence electrons. The molecule has 1 aliphatic heterocycles. The average molecular weight is 551 g/mol. The predicted molar refractivity (Wildman–Crippen MR) is 132 cm³/mol. The standard InChI is InChI=1S/C25H31BrN2O7/c1-24(2,3)34-22(31)27-17-11-9-8-10-15(17)16(19(27)26)12-14-13-18(21(30)33-7)28(20(14)29)23(32)35-25(4,5)6/h8-11,14,18H,12-13H2,1-7H3/t14-,18+/m1/s1. The molecule has 9 nitrogen and oxygen atoms in total. The van der Waals surface area contributed by atoms with Gasteiger partial charge in [-0.3, -0.25) is 4.79 Å². The van der Waals surface area contributed by atoms with Crippen LogP contribution < -0.4 is 0 Å². The summed E-state index contributed by atoms with van der Waals surface area (Å²) in [6.45, 7) is 10.4. The maximum absolute atomic E-state index is 13.3. The van der Waals surface area contributed by atoms with Crippen LogP contribution in [0.2, 0.25) is 0 Å². The number of amides is 2. The van der Waals surface area contributed by atoms with Crippen molar-refractivity contribution >= 4 is 50.9 Å². The summed E-state index contributed by atoms with van der Waals surface area (Å²) < 4.78 is 17.7. The minimum Gasteiger partial charge on any atom is -0.467 e. The Balaban J connectivity index is 2.00. The summed E-state index contributed by atoms with van der Waals surface area (Å²) in [5.41, 5.74) is -0.243. The fourth-order valence-electron chi connectivity index (χ4n) is 4.06. The Hall–Kier alpha value is -2.88. The second-order valence-corrected chi connectivity index (χ2v) is 11.2. The highest BCUT2D eigenvalue weighted by Crippen LogP contribution is 2.37. The lowest BCUT2D eigenvalue weighted by Gasteiger charge is -2.26. The molecule has 1 fully saturated rings. The van der Waals surface area contributed by atoms with Crippen molar-refractivity contribution in [3.63, 3.8) is 0 Å². The van der Waals surface area contributed by atoms with Crippen LogP contribution in [0.3, 0.4) is 0 Å². The lowest BCUT2D eigenvalue weighted by atomic mass is 9.96. The summed E-state index contributed by atoms with van der Waals surface area (Å²) in [5.74, 6) is -1.93. The van der Waals surface area contributed by atoms with E-state index in [1.807, 2.05) is 12.1 Å². The maximum atomic E-state index is 13.3. The van der Waals surface area contributed by atoms with Crippen LogP contribution in [0.5, 0.6) is 0 Å². The van der Waals surface area contributed by atoms with Crippen LogP contribution in [-0.4, -0.2) is 57.9 Å². The van der Waals surface area contributed by atoms with Crippen molar-refractivity contribution in [3.05, 3.63) is 34.4 Å². The molecular formula is C25H31BrN2O7. The molecule has 1 saturated heterocycles. The van der Waals surface area contributed by atoms with Crippen molar-refractivity contribution in [2.45, 2.75) is 71.6 Å². The number of carbonyl (C=O) groups is 4. The molecule has 1 aromatic carbocycles. The minimum atomic E-state index is -1.09. The number of esters is 1. The third-order valence-corrected chi connectivity index (χ3v) is 6.24. The van der Waals surface area contributed by atoms with Gasteiger partial charge in [-0.05, 0) is 81.9 Å². The van der Waals surface area contributed by atoms with Crippen LogP contribution in [-0.2, 0) is 30.2 Å². The topological polar surface area (TPSA) is 104 Å². The van der Waals surface area contributed by atoms with E-state index in [1.165, 1.54) is 11.7 Å². The van der Waals surface area contributed by atoms with E-state index in [9.17, 15) is 19.2 Å². The normalized spacial score (nSPS) is 18.6. The molecule has 0 spiro atoms. The number of methoxy groups -OCH3 is 1. The number of ether oxygens (including phenoxy) is 3. The highest BCUT2D eigenvalue weighted by Gasteiger charge is 2.49. The van der Waals surface area contributed by atoms with Gasteiger partial charge in [0, 0.05) is 11.3 Å². The molecule has 0 aliphatic carbocycles. The van der Waals surface area contributed by atoms with Gasteiger partial charge in [0.05, 0.1) is 17.2 Å². The van der Waals surface area contributed by atoms with E-state index >= 15 is 0 Å². The number of rotatable bonds is 3. The summed E-state index contributed by atoms with van der Waals surface area (Å²) in [7, 11) is 1.21. The molecule has 0 bridgehead atoms. The fourth-order valence-corrected chi connectivity index (χ4v) is 4.78. The van der Waals surface area contributed by atoms with Crippen molar-refractivity contribution in [2.75, 3.05) is 7.11 Å². The summed E-state index contributed by atoms with van der Waals surface area (Å²) >= 11 is 3.53. The molecule has 0 radical (unpaired) electrons. The first-order valence-corrected chi connectivity index (χ1v) is 12.1. The quantitative estimate of drug-likeness (QED) is 0.388. The van der Waals surface area contributed by atoms with Crippen LogP contribution in [0.1, 0.15) is 53.5 Å². The van der Waals surface area contributed by atoms with Crippen LogP contribution in [0.15, 0.2) is 28.9 Å². The average Bonchev–Trinajstić information content (AvgIpc) is 3.19. The molecule has 1 aliphatic rings. The Bertz CT molecular complexity index is 1170. The molecular weight excluding hydrogens is 520 g/mol. The number of fused-ring (bicyclic) bond motifs is 1. The van der Waals surface area contributed by atoms with Gasteiger partial charge in [0.25, 0.3) is 0 Å². The van der Waals surface area contributed by atoms with E-state index in [0.29, 0.717) is 15.7 Å². The lowest BCUT2D eigenvalue weighted by molar-refractivity contribution is -0.148. The van der Waals surface area contributed by atoms with Crippen molar-refractivity contribution < 1.29 is 33.4 Å². The highest BCUT2D eigenvalue weighted by atomic mass is 79.9. The first-order chi connectivity index (χ1) is 16.1. The first-order valence-electron chi connectivity index (χ1n) is 11.3. The number of carbonyl (C=O) groups excluding carboxylic acids is 4. The number of imide groups is 1. The molecule has 0 unspecified atom stereocenters. The molecule has 0 N–H and O–H groups in total. The maximum Gasteiger partial charge on any atom is 0.419 e. The van der Waals surface area contributed by atoms with Gasteiger partial charge < -0.3 is 14.2 Å². The van der Waals surface area contributed by atoms with E-state index < -0.39 is 47.2 Å². The van der Waals surface area contributed by atoms with Gasteiger partial charge in [-0.15, -0.1) is 0 Å². The molecule has 3 rings (SSSR count). The van der Waals surface area contributed by atoms with Crippen LogP contribution in [0, 0.1) is 5.92 Å². The molecule has 2 amide bonds. The molecule has 2 aromatic rings. The largest absolute Gasteiger partial charge is 0.467 e. The molecule has 2 heterocycles. The van der Waals surface area contributed by atoms with Gasteiger partial charge in [-0.2, -0.15) is 0 Å². The molecule has 35 heavy (non-hydrogen) atoms. The third kappa shape index (κ3) is 5.69. The third-order valence-electron chi connectivity index (χ3n) is 5.41. The molecule has 2 atom stereocenters. The predicted octanol–water partition coefficient (Wildman–Crippen LogP) is 5.05. The van der Waals surface area contributed by atoms with Gasteiger partial charge in [-0.1, -0.05) is 18.2 Å². The second-order valence-electron chi connectivity index (χ2n) is 10.5. The Labute approximate surface area is 212 Å². The van der Waals surface area contributed by atoms with Gasteiger partial charge in [-0.25, -0.2) is 23.9 Å². The van der Waals surface area contributed by atoms with Gasteiger partial charge >= 0.3 is 18.2 Å². The number of benzene rings is 1. The SMILES string of the molecule is COC(=O)[C@@H]1C[C@@H](Cc2c(Br)n(C(=O)OC(C)(C)C)c3ccccc23)C(=O)N1C(=O)OC(C)(C)C. The molecule has 0 saturated carbocycles. The van der Waals surface area contributed by atoms with E-state index in [0.717, 1.165) is 10.3 Å². The van der Waals surface area contributed by atoms with Gasteiger partial charge in [0.1, 0.15) is 17.2 Å². The number of para-hydroxylation sites is 1. The number of likely N-dealkylation sites (tertiary alicyclic amines) is 1. The van der Waals surface area contributed by atoms with Crippen LogP contribution in [0.25, 0.3) is 10.9 Å². The zero-order valence-electron chi connectivity index (χ0n) is 21.0. The fraction of sp³-hybridized carbons (Fsp3) is 0.520. The first kappa shape index (κ1) is 26.7. The van der Waals surface area contributed by atoms with E-state index in [2.05, 4.69) is 15.9 Å². The Kier molecular flexibility index (Phi) is 7.36. The summed E-state index contributed by atoms with van der Waals surface area (Å²) in [6, 6.07) is 6.18. The second kappa shape index (κ2) is 9.64. The van der Waals surface area contributed by atoms with Crippen molar-refractivity contribution in [1.82, 2.24) is 9.47 Å². The number of halogens is 1. The minimum absolute atomic E-state index is 0.0726. The number of aromatic nitrogens is 1. The number of hydrogen-bond acceptors (Lipinski definition) is 7. The highest BCUT2D eigenvalue weighted by molar-refractivity contribution is 9.10. The Morgan fingerprint density at radius 2 is 1.57 bits per heavy atom. The zero-order chi connectivity index (χ0) is 26.3. The lowest BCUT2D eigenvalue weighted by Crippen LogP contribution is -2.46. The Morgan fingerprint density at radius 1 is 1.00 bits per heavy atom. The smallest absolute Gasteiger partial charge is 0.419 e. The molecule has 1 aromatic heterocycles. The monoisotopic (exact) mass is 550 g/mol. The van der Waals surface area contributed by atoms with E-state index in [4.69, 9.17) is 14.2 Å².